The molecule has 0 unspecified atom stereocenters. The van der Waals surface area contributed by atoms with Crippen molar-refractivity contribution >= 4 is 5.91 Å². The fraction of sp³-hybridized carbons (Fsp3) is 0.588. The summed E-state index contributed by atoms with van der Waals surface area (Å²) in [6.45, 7) is 1.76. The van der Waals surface area contributed by atoms with Gasteiger partial charge >= 0.3 is 6.18 Å². The molecule has 3 atom stereocenters. The Balaban J connectivity index is 1.97. The zero-order valence-corrected chi connectivity index (χ0v) is 13.1. The Morgan fingerprint density at radius 1 is 1.30 bits per heavy atom. The van der Waals surface area contributed by atoms with E-state index in [0.717, 1.165) is 5.56 Å². The number of alkyl halides is 3. The molecular formula is C17H22F3NO2. The minimum atomic E-state index is -4.35. The minimum absolute atomic E-state index is 0.00192. The molecule has 0 bridgehead atoms. The molecule has 3 nitrogen and oxygen atoms in total. The molecule has 23 heavy (non-hydrogen) atoms. The van der Waals surface area contributed by atoms with Crippen molar-refractivity contribution in [3.05, 3.63) is 35.4 Å². The number of carbonyl (C=O) groups excluding carboxylic acids is 1. The Kier molecular flexibility index (Phi) is 5.68. The summed E-state index contributed by atoms with van der Waals surface area (Å²) in [6, 6.07) is 7.18. The molecule has 0 aliphatic heterocycles. The van der Waals surface area contributed by atoms with Crippen molar-refractivity contribution in [2.45, 2.75) is 44.9 Å². The summed E-state index contributed by atoms with van der Waals surface area (Å²) in [7, 11) is 0. The fourth-order valence-electron chi connectivity index (χ4n) is 3.24. The molecule has 2 N–H and O–H groups in total. The molecule has 1 saturated carbocycles. The Labute approximate surface area is 133 Å². The van der Waals surface area contributed by atoms with Gasteiger partial charge in [0.05, 0.1) is 12.0 Å². The second-order valence-corrected chi connectivity index (χ2v) is 6.16. The average Bonchev–Trinajstić information content (AvgIpc) is 2.52. The second kappa shape index (κ2) is 7.34. The van der Waals surface area contributed by atoms with Crippen molar-refractivity contribution in [2.24, 2.45) is 11.8 Å². The van der Waals surface area contributed by atoms with Gasteiger partial charge in [0, 0.05) is 12.5 Å². The SMILES string of the molecule is Cc1ccccc1[C@H](O)CNC(=O)[C@@H]1CCCC[C@@H]1C(F)(F)F. The van der Waals surface area contributed by atoms with Gasteiger partial charge in [-0.3, -0.25) is 4.79 Å². The molecule has 1 aliphatic rings. The predicted molar refractivity (Wildman–Crippen MR) is 80.7 cm³/mol. The van der Waals surface area contributed by atoms with E-state index in [0.29, 0.717) is 18.4 Å². The second-order valence-electron chi connectivity index (χ2n) is 6.16. The Hall–Kier alpha value is -1.56. The van der Waals surface area contributed by atoms with Gasteiger partial charge in [-0.2, -0.15) is 13.2 Å². The van der Waals surface area contributed by atoms with Crippen LogP contribution in [0.25, 0.3) is 0 Å². The van der Waals surface area contributed by atoms with Gasteiger partial charge in [-0.25, -0.2) is 0 Å². The highest BCUT2D eigenvalue weighted by atomic mass is 19.4. The van der Waals surface area contributed by atoms with Crippen LogP contribution in [-0.4, -0.2) is 23.7 Å². The van der Waals surface area contributed by atoms with Crippen LogP contribution >= 0.6 is 0 Å². The van der Waals surface area contributed by atoms with Gasteiger partial charge in [0.2, 0.25) is 5.91 Å². The molecule has 0 spiro atoms. The normalized spacial score (nSPS) is 23.3. The number of nitrogens with one attached hydrogen (secondary N) is 1. The van der Waals surface area contributed by atoms with E-state index >= 15 is 0 Å². The topological polar surface area (TPSA) is 49.3 Å². The third kappa shape index (κ3) is 4.47. The predicted octanol–water partition coefficient (Wildman–Crippen LogP) is 3.51. The van der Waals surface area contributed by atoms with E-state index in [1.54, 1.807) is 12.1 Å². The van der Waals surface area contributed by atoms with Crippen LogP contribution in [-0.2, 0) is 4.79 Å². The van der Waals surface area contributed by atoms with E-state index in [1.807, 2.05) is 19.1 Å². The maximum Gasteiger partial charge on any atom is 0.392 e. The minimum Gasteiger partial charge on any atom is -0.387 e. The lowest BCUT2D eigenvalue weighted by atomic mass is 9.78. The molecule has 6 heteroatoms. The van der Waals surface area contributed by atoms with E-state index in [-0.39, 0.29) is 19.4 Å². The first-order chi connectivity index (χ1) is 10.8. The van der Waals surface area contributed by atoms with Gasteiger partial charge in [-0.05, 0) is 30.9 Å². The van der Waals surface area contributed by atoms with Gasteiger partial charge in [0.1, 0.15) is 0 Å². The smallest absolute Gasteiger partial charge is 0.387 e. The van der Waals surface area contributed by atoms with Crippen LogP contribution in [0.2, 0.25) is 0 Å². The number of benzene rings is 1. The Morgan fingerprint density at radius 3 is 2.61 bits per heavy atom. The number of amides is 1. The summed E-state index contributed by atoms with van der Waals surface area (Å²) < 4.78 is 39.1. The van der Waals surface area contributed by atoms with Crippen LogP contribution in [0, 0.1) is 18.8 Å². The molecule has 0 radical (unpaired) electrons. The van der Waals surface area contributed by atoms with E-state index < -0.39 is 30.0 Å². The number of aliphatic hydroxyl groups is 1. The van der Waals surface area contributed by atoms with Crippen LogP contribution in [0.4, 0.5) is 13.2 Å². The van der Waals surface area contributed by atoms with Gasteiger partial charge in [-0.1, -0.05) is 37.1 Å². The molecule has 2 rings (SSSR count). The van der Waals surface area contributed by atoms with E-state index in [4.69, 9.17) is 0 Å². The van der Waals surface area contributed by atoms with Gasteiger partial charge in [0.15, 0.2) is 0 Å². The maximum absolute atomic E-state index is 13.0. The first kappa shape index (κ1) is 17.8. The largest absolute Gasteiger partial charge is 0.392 e. The highest BCUT2D eigenvalue weighted by molar-refractivity contribution is 5.79. The van der Waals surface area contributed by atoms with Crippen molar-refractivity contribution < 1.29 is 23.1 Å². The molecule has 1 amide bonds. The number of hydrogen-bond acceptors (Lipinski definition) is 2. The lowest BCUT2D eigenvalue weighted by Crippen LogP contribution is -2.43. The van der Waals surface area contributed by atoms with Gasteiger partial charge < -0.3 is 10.4 Å². The molecule has 1 aromatic rings. The summed E-state index contributed by atoms with van der Waals surface area (Å²) >= 11 is 0. The third-order valence-electron chi connectivity index (χ3n) is 4.54. The number of hydrogen-bond donors (Lipinski definition) is 2. The summed E-state index contributed by atoms with van der Waals surface area (Å²) in [5.41, 5.74) is 1.55. The van der Waals surface area contributed by atoms with Crippen molar-refractivity contribution in [1.82, 2.24) is 5.32 Å². The zero-order chi connectivity index (χ0) is 17.0. The fourth-order valence-corrected chi connectivity index (χ4v) is 3.24. The molecule has 128 valence electrons. The first-order valence-electron chi connectivity index (χ1n) is 7.88. The number of halogens is 3. The summed E-state index contributed by atoms with van der Waals surface area (Å²) in [6.07, 6.45) is -3.90. The summed E-state index contributed by atoms with van der Waals surface area (Å²) in [5, 5.41) is 12.6. The number of carbonyl (C=O) groups is 1. The van der Waals surface area contributed by atoms with Crippen LogP contribution in [0.5, 0.6) is 0 Å². The monoisotopic (exact) mass is 329 g/mol. The Bertz CT molecular complexity index is 545. The van der Waals surface area contributed by atoms with Crippen LogP contribution in [0.3, 0.4) is 0 Å². The highest BCUT2D eigenvalue weighted by Gasteiger charge is 2.47. The van der Waals surface area contributed by atoms with Crippen molar-refractivity contribution in [3.63, 3.8) is 0 Å². The lowest BCUT2D eigenvalue weighted by molar-refractivity contribution is -0.198. The van der Waals surface area contributed by atoms with Crippen molar-refractivity contribution in [2.75, 3.05) is 6.54 Å². The molecular weight excluding hydrogens is 307 g/mol. The van der Waals surface area contributed by atoms with Crippen LogP contribution in [0.15, 0.2) is 24.3 Å². The summed E-state index contributed by atoms with van der Waals surface area (Å²) in [4.78, 5) is 12.2. The zero-order valence-electron chi connectivity index (χ0n) is 13.1. The van der Waals surface area contributed by atoms with Crippen LogP contribution < -0.4 is 5.32 Å². The van der Waals surface area contributed by atoms with Gasteiger partial charge in [0.25, 0.3) is 0 Å². The average molecular weight is 329 g/mol. The molecule has 1 aliphatic carbocycles. The number of rotatable bonds is 4. The maximum atomic E-state index is 13.0. The van der Waals surface area contributed by atoms with Gasteiger partial charge in [-0.15, -0.1) is 0 Å². The van der Waals surface area contributed by atoms with E-state index in [1.165, 1.54) is 0 Å². The molecule has 0 saturated heterocycles. The van der Waals surface area contributed by atoms with Crippen molar-refractivity contribution in [1.29, 1.82) is 0 Å². The van der Waals surface area contributed by atoms with E-state index in [9.17, 15) is 23.1 Å². The molecule has 0 heterocycles. The highest BCUT2D eigenvalue weighted by Crippen LogP contribution is 2.41. The first-order valence-corrected chi connectivity index (χ1v) is 7.88. The number of aliphatic hydroxyl groups excluding tert-OH is 1. The van der Waals surface area contributed by atoms with Crippen molar-refractivity contribution in [3.8, 4) is 0 Å². The quantitative estimate of drug-likeness (QED) is 0.888. The Morgan fingerprint density at radius 2 is 1.96 bits per heavy atom. The van der Waals surface area contributed by atoms with E-state index in [2.05, 4.69) is 5.32 Å². The standard InChI is InChI=1S/C17H22F3NO2/c1-11-6-2-3-7-12(11)15(22)10-21-16(23)13-8-4-5-9-14(13)17(18,19)20/h2-3,6-7,13-15,22H,4-5,8-10H2,1H3,(H,21,23)/t13-,14+,15-/m1/s1. The summed E-state index contributed by atoms with van der Waals surface area (Å²) in [5.74, 6) is -3.24. The van der Waals surface area contributed by atoms with Crippen LogP contribution in [0.1, 0.15) is 42.9 Å². The molecule has 1 aromatic carbocycles. The molecule has 1 fully saturated rings. The number of aryl methyl sites for hydroxylation is 1. The molecule has 0 aromatic heterocycles. The lowest BCUT2D eigenvalue weighted by Gasteiger charge is -2.32. The third-order valence-corrected chi connectivity index (χ3v) is 4.54.